The van der Waals surface area contributed by atoms with Crippen LogP contribution < -0.4 is 10.6 Å². The number of anilines is 1. The van der Waals surface area contributed by atoms with Crippen molar-refractivity contribution < 1.29 is 34.8 Å². The van der Waals surface area contributed by atoms with E-state index in [4.69, 9.17) is 5.73 Å². The van der Waals surface area contributed by atoms with Crippen LogP contribution in [-0.2, 0) is 27.2 Å². The molecule has 1 heterocycles. The highest BCUT2D eigenvalue weighted by atomic mass is 32.2. The van der Waals surface area contributed by atoms with Gasteiger partial charge in [0.1, 0.15) is 22.8 Å². The van der Waals surface area contributed by atoms with E-state index in [1.807, 2.05) is 36.8 Å². The van der Waals surface area contributed by atoms with Gasteiger partial charge in [0, 0.05) is 31.3 Å². The standard InChI is InChI=1S/C31H41N3O7S/c1-33(2)20-14-16(7-5-6-15-8-10-42-11-9-15)25(35)22-18(20)12-17-13-19-24(34(3)4)27(37)23(30(32)40)29(39)31(19,41)28(38)21(17)26(22)36/h14-15,17,19,24,35-36,39,41H,5-13H2,1-4H3,(H2,32,40)/t17-,19-,24+,31-/m0/s1. The zero-order valence-corrected chi connectivity index (χ0v) is 25.5. The normalized spacial score (nSPS) is 28.1. The maximum absolute atomic E-state index is 14.1. The Kier molecular flexibility index (Phi) is 8.15. The van der Waals surface area contributed by atoms with Crippen molar-refractivity contribution in [3.63, 3.8) is 0 Å². The molecular formula is C31H41N3O7S. The largest absolute Gasteiger partial charge is 0.508 e. The van der Waals surface area contributed by atoms with Crippen LogP contribution in [0.3, 0.4) is 0 Å². The number of Topliss-reactive ketones (excluding diaryl/α,β-unsaturated/α-hetero) is 2. The third kappa shape index (κ3) is 4.69. The van der Waals surface area contributed by atoms with Crippen LogP contribution >= 0.6 is 11.8 Å². The highest BCUT2D eigenvalue weighted by Crippen LogP contribution is 2.54. The molecule has 1 amide bonds. The van der Waals surface area contributed by atoms with Crippen molar-refractivity contribution in [1.29, 1.82) is 0 Å². The second-order valence-electron chi connectivity index (χ2n) is 12.6. The van der Waals surface area contributed by atoms with Crippen LogP contribution in [-0.4, -0.2) is 94.1 Å². The highest BCUT2D eigenvalue weighted by molar-refractivity contribution is 7.99. The van der Waals surface area contributed by atoms with E-state index in [0.29, 0.717) is 23.5 Å². The van der Waals surface area contributed by atoms with Gasteiger partial charge in [0.05, 0.1) is 11.6 Å². The molecule has 228 valence electrons. The van der Waals surface area contributed by atoms with E-state index in [1.165, 1.54) is 29.2 Å². The van der Waals surface area contributed by atoms with Gasteiger partial charge >= 0.3 is 0 Å². The number of phenolic OH excluding ortho intramolecular Hbond substituents is 1. The molecule has 0 aromatic heterocycles. The first-order valence-corrected chi connectivity index (χ1v) is 15.7. The number of rotatable bonds is 7. The van der Waals surface area contributed by atoms with E-state index in [9.17, 15) is 34.8 Å². The Hall–Kier alpha value is -3.02. The lowest BCUT2D eigenvalue weighted by atomic mass is 9.57. The van der Waals surface area contributed by atoms with Crippen LogP contribution in [0.2, 0.25) is 0 Å². The number of carbonyl (C=O) groups excluding carboxylic acids is 3. The molecule has 3 aliphatic carbocycles. The molecule has 1 saturated heterocycles. The fourth-order valence-corrected chi connectivity index (χ4v) is 8.76. The number of amides is 1. The van der Waals surface area contributed by atoms with E-state index >= 15 is 0 Å². The number of aliphatic hydroxyl groups is 3. The van der Waals surface area contributed by atoms with Crippen molar-refractivity contribution >= 4 is 40.7 Å². The van der Waals surface area contributed by atoms with Gasteiger partial charge in [-0.05, 0) is 93.2 Å². The van der Waals surface area contributed by atoms with Crippen molar-refractivity contribution in [2.24, 2.45) is 23.5 Å². The number of nitrogens with zero attached hydrogens (tertiary/aromatic N) is 2. The molecule has 5 rings (SSSR count). The minimum Gasteiger partial charge on any atom is -0.508 e. The molecule has 0 unspecified atom stereocenters. The molecule has 11 heteroatoms. The molecule has 1 aliphatic heterocycles. The summed E-state index contributed by atoms with van der Waals surface area (Å²) in [6, 6.07) is 0.847. The Bertz CT molecular complexity index is 1400. The van der Waals surface area contributed by atoms with Gasteiger partial charge in [-0.2, -0.15) is 11.8 Å². The van der Waals surface area contributed by atoms with E-state index in [2.05, 4.69) is 0 Å². The minimum atomic E-state index is -2.64. The fraction of sp³-hybridized carbons (Fsp3) is 0.581. The number of benzene rings is 1. The smallest absolute Gasteiger partial charge is 0.255 e. The quantitative estimate of drug-likeness (QED) is 0.294. The van der Waals surface area contributed by atoms with Gasteiger partial charge in [0.25, 0.3) is 5.91 Å². The van der Waals surface area contributed by atoms with Crippen molar-refractivity contribution in [3.05, 3.63) is 39.7 Å². The molecule has 0 bridgehead atoms. The van der Waals surface area contributed by atoms with Crippen molar-refractivity contribution in [3.8, 4) is 5.75 Å². The first-order chi connectivity index (χ1) is 19.8. The van der Waals surface area contributed by atoms with Gasteiger partial charge in [0.2, 0.25) is 5.78 Å². The van der Waals surface area contributed by atoms with E-state index in [1.54, 1.807) is 14.1 Å². The molecule has 0 spiro atoms. The van der Waals surface area contributed by atoms with Gasteiger partial charge in [-0.25, -0.2) is 0 Å². The summed E-state index contributed by atoms with van der Waals surface area (Å²) in [5.41, 5.74) is 4.15. The van der Waals surface area contributed by atoms with Crippen LogP contribution in [0.4, 0.5) is 5.69 Å². The molecule has 42 heavy (non-hydrogen) atoms. The first-order valence-electron chi connectivity index (χ1n) is 14.6. The minimum absolute atomic E-state index is 0.0703. The predicted molar refractivity (Wildman–Crippen MR) is 162 cm³/mol. The summed E-state index contributed by atoms with van der Waals surface area (Å²) >= 11 is 1.99. The number of phenols is 1. The van der Waals surface area contributed by atoms with Crippen molar-refractivity contribution in [2.45, 2.75) is 56.6 Å². The zero-order chi connectivity index (χ0) is 30.7. The number of primary amides is 1. The number of fused-ring (bicyclic) bond motifs is 3. The van der Waals surface area contributed by atoms with Gasteiger partial charge in [-0.1, -0.05) is 6.42 Å². The topological polar surface area (TPSA) is 165 Å². The molecule has 1 saturated carbocycles. The van der Waals surface area contributed by atoms with Crippen LogP contribution in [0.25, 0.3) is 5.76 Å². The Morgan fingerprint density at radius 2 is 1.79 bits per heavy atom. The van der Waals surface area contributed by atoms with Gasteiger partial charge in [-0.3, -0.25) is 19.3 Å². The second-order valence-corrected chi connectivity index (χ2v) is 13.8. The first kappa shape index (κ1) is 30.4. The van der Waals surface area contributed by atoms with Crippen LogP contribution in [0, 0.1) is 17.8 Å². The number of aryl methyl sites for hydroxylation is 1. The Labute approximate surface area is 250 Å². The zero-order valence-electron chi connectivity index (χ0n) is 24.6. The predicted octanol–water partition coefficient (Wildman–Crippen LogP) is 2.50. The lowest BCUT2D eigenvalue weighted by molar-refractivity contribution is -0.153. The summed E-state index contributed by atoms with van der Waals surface area (Å²) in [4.78, 5) is 43.0. The second kappa shape index (κ2) is 11.2. The summed E-state index contributed by atoms with van der Waals surface area (Å²) in [5, 5.41) is 46.0. The number of hydrogen-bond acceptors (Lipinski definition) is 10. The average Bonchev–Trinajstić information content (AvgIpc) is 2.92. The molecule has 6 N–H and O–H groups in total. The Morgan fingerprint density at radius 3 is 2.38 bits per heavy atom. The van der Waals surface area contributed by atoms with Gasteiger partial charge in [-0.15, -0.1) is 0 Å². The number of nitrogens with two attached hydrogens (primary N) is 1. The fourth-order valence-electron chi connectivity index (χ4n) is 7.55. The van der Waals surface area contributed by atoms with E-state index < -0.39 is 58.0 Å². The lowest BCUT2D eigenvalue weighted by Gasteiger charge is -2.50. The molecule has 4 aliphatic rings. The van der Waals surface area contributed by atoms with Gasteiger partial charge < -0.3 is 31.1 Å². The number of thioether (sulfide) groups is 1. The Morgan fingerprint density at radius 1 is 1.12 bits per heavy atom. The number of hydrogen-bond donors (Lipinski definition) is 5. The maximum Gasteiger partial charge on any atom is 0.255 e. The summed E-state index contributed by atoms with van der Waals surface area (Å²) in [5.74, 6) is -3.28. The Balaban J connectivity index is 1.60. The third-order valence-corrected chi connectivity index (χ3v) is 10.7. The summed E-state index contributed by atoms with van der Waals surface area (Å²) in [6.07, 6.45) is 5.27. The number of aliphatic hydroxyl groups excluding tert-OH is 2. The number of likely N-dealkylation sites (N-methyl/N-ethyl adjacent to an activating group) is 1. The third-order valence-electron chi connectivity index (χ3n) is 9.66. The summed E-state index contributed by atoms with van der Waals surface area (Å²) in [6.45, 7) is 0. The molecular weight excluding hydrogens is 558 g/mol. The van der Waals surface area contributed by atoms with E-state index in [0.717, 1.165) is 18.5 Å². The number of carbonyl (C=O) groups is 3. The molecule has 1 aromatic carbocycles. The molecule has 10 nitrogen and oxygen atoms in total. The van der Waals surface area contributed by atoms with Crippen LogP contribution in [0.5, 0.6) is 5.75 Å². The highest BCUT2D eigenvalue weighted by Gasteiger charge is 2.64. The van der Waals surface area contributed by atoms with Crippen LogP contribution in [0.15, 0.2) is 23.0 Å². The summed E-state index contributed by atoms with van der Waals surface area (Å²) in [7, 11) is 6.94. The average molecular weight is 600 g/mol. The molecule has 4 atom stereocenters. The SMILES string of the molecule is CN(C)c1cc(CCCC2CCSCC2)c(O)c2c1C[C@H]1C[C@H]3[C@@H](N(C)C)C(=O)C(C(N)=O)=C(O)[C@@]3(O)C(=O)C1=C2O. The summed E-state index contributed by atoms with van der Waals surface area (Å²) < 4.78 is 0. The van der Waals surface area contributed by atoms with Crippen LogP contribution in [0.1, 0.15) is 48.8 Å². The monoisotopic (exact) mass is 599 g/mol. The molecule has 0 radical (unpaired) electrons. The molecule has 2 fully saturated rings. The van der Waals surface area contributed by atoms with Crippen molar-refractivity contribution in [1.82, 2.24) is 4.90 Å². The maximum atomic E-state index is 14.1. The van der Waals surface area contributed by atoms with Gasteiger partial charge in [0.15, 0.2) is 11.4 Å². The number of ketones is 2. The molecule has 1 aromatic rings. The van der Waals surface area contributed by atoms with Crippen molar-refractivity contribution in [2.75, 3.05) is 44.6 Å². The lowest BCUT2D eigenvalue weighted by Crippen LogP contribution is -2.65. The van der Waals surface area contributed by atoms with E-state index in [-0.39, 0.29) is 29.7 Å². The number of aromatic hydroxyl groups is 1.